The highest BCUT2D eigenvalue weighted by Gasteiger charge is 2.21. The molecule has 2 aromatic carbocycles. The molecule has 0 aliphatic rings. The molecular formula is C21H26N2O5S2. The van der Waals surface area contributed by atoms with Crippen molar-refractivity contribution in [2.45, 2.75) is 30.6 Å². The Hall–Kier alpha value is -2.36. The second-order valence-electron chi connectivity index (χ2n) is 6.38. The first-order valence-electron chi connectivity index (χ1n) is 9.52. The molecule has 0 aliphatic carbocycles. The highest BCUT2D eigenvalue weighted by Crippen LogP contribution is 2.22. The van der Waals surface area contributed by atoms with Crippen molar-refractivity contribution in [3.8, 4) is 0 Å². The normalized spacial score (nSPS) is 11.3. The standard InChI is InChI=1S/C21H26N2O5S2/c1-4-23(5-2)30(26,27)18-12-10-17(11-13-18)22-20(24)14-28-21(25)15-29-19-9-7-6-8-16(19)3/h6-13H,4-5,14-15H2,1-3H3,(H,22,24). The van der Waals surface area contributed by atoms with Gasteiger partial charge in [0.25, 0.3) is 5.91 Å². The molecule has 30 heavy (non-hydrogen) atoms. The fourth-order valence-electron chi connectivity index (χ4n) is 2.66. The Morgan fingerprint density at radius 2 is 1.67 bits per heavy atom. The summed E-state index contributed by atoms with van der Waals surface area (Å²) in [5.41, 5.74) is 1.49. The molecule has 1 N–H and O–H groups in total. The van der Waals surface area contributed by atoms with Gasteiger partial charge in [-0.3, -0.25) is 9.59 Å². The lowest BCUT2D eigenvalue weighted by Crippen LogP contribution is -2.30. The van der Waals surface area contributed by atoms with Crippen LogP contribution in [0.5, 0.6) is 0 Å². The van der Waals surface area contributed by atoms with E-state index in [-0.39, 0.29) is 10.6 Å². The summed E-state index contributed by atoms with van der Waals surface area (Å²) in [7, 11) is -3.55. The average molecular weight is 451 g/mol. The zero-order valence-corrected chi connectivity index (χ0v) is 18.9. The van der Waals surface area contributed by atoms with Crippen LogP contribution in [0, 0.1) is 6.92 Å². The van der Waals surface area contributed by atoms with E-state index in [9.17, 15) is 18.0 Å². The predicted molar refractivity (Wildman–Crippen MR) is 118 cm³/mol. The Morgan fingerprint density at radius 3 is 2.27 bits per heavy atom. The van der Waals surface area contributed by atoms with Crippen molar-refractivity contribution in [3.05, 3.63) is 54.1 Å². The van der Waals surface area contributed by atoms with Crippen molar-refractivity contribution in [1.82, 2.24) is 4.31 Å². The quantitative estimate of drug-likeness (QED) is 0.441. The highest BCUT2D eigenvalue weighted by atomic mass is 32.2. The summed E-state index contributed by atoms with van der Waals surface area (Å²) in [6, 6.07) is 13.6. The summed E-state index contributed by atoms with van der Waals surface area (Å²) in [5.74, 6) is -0.876. The summed E-state index contributed by atoms with van der Waals surface area (Å²) >= 11 is 1.35. The molecule has 0 saturated heterocycles. The Morgan fingerprint density at radius 1 is 1.03 bits per heavy atom. The molecule has 2 rings (SSSR count). The lowest BCUT2D eigenvalue weighted by atomic mass is 10.2. The fraction of sp³-hybridized carbons (Fsp3) is 0.333. The number of thioether (sulfide) groups is 1. The van der Waals surface area contributed by atoms with E-state index in [1.54, 1.807) is 13.8 Å². The molecule has 0 aliphatic heterocycles. The largest absolute Gasteiger partial charge is 0.455 e. The van der Waals surface area contributed by atoms with Crippen LogP contribution in [0.15, 0.2) is 58.3 Å². The van der Waals surface area contributed by atoms with Crippen molar-refractivity contribution in [3.63, 3.8) is 0 Å². The summed E-state index contributed by atoms with van der Waals surface area (Å²) in [6.45, 7) is 5.86. The van der Waals surface area contributed by atoms with Crippen LogP contribution in [0.3, 0.4) is 0 Å². The lowest BCUT2D eigenvalue weighted by molar-refractivity contribution is -0.144. The number of sulfonamides is 1. The first-order chi connectivity index (χ1) is 14.3. The van der Waals surface area contributed by atoms with Crippen molar-refractivity contribution < 1.29 is 22.7 Å². The number of hydrogen-bond donors (Lipinski definition) is 1. The van der Waals surface area contributed by atoms with Gasteiger partial charge < -0.3 is 10.1 Å². The third-order valence-electron chi connectivity index (χ3n) is 4.28. The molecule has 0 spiro atoms. The van der Waals surface area contributed by atoms with Crippen LogP contribution in [0.1, 0.15) is 19.4 Å². The number of rotatable bonds is 10. The fourth-order valence-corrected chi connectivity index (χ4v) is 4.95. The van der Waals surface area contributed by atoms with Crippen LogP contribution in [-0.4, -0.2) is 50.0 Å². The molecular weight excluding hydrogens is 424 g/mol. The van der Waals surface area contributed by atoms with Gasteiger partial charge in [0.15, 0.2) is 6.61 Å². The van der Waals surface area contributed by atoms with E-state index in [1.807, 2.05) is 31.2 Å². The van der Waals surface area contributed by atoms with Crippen LogP contribution in [0.4, 0.5) is 5.69 Å². The summed E-state index contributed by atoms with van der Waals surface area (Å²) in [4.78, 5) is 25.0. The average Bonchev–Trinajstić information content (AvgIpc) is 2.73. The Labute approximate surface area is 181 Å². The third-order valence-corrected chi connectivity index (χ3v) is 7.50. The molecule has 0 fully saturated rings. The van der Waals surface area contributed by atoms with E-state index in [2.05, 4.69) is 5.32 Å². The molecule has 0 atom stereocenters. The van der Waals surface area contributed by atoms with Crippen LogP contribution in [-0.2, 0) is 24.3 Å². The van der Waals surface area contributed by atoms with Gasteiger partial charge in [0.2, 0.25) is 10.0 Å². The van der Waals surface area contributed by atoms with Gasteiger partial charge in [-0.05, 0) is 42.8 Å². The summed E-state index contributed by atoms with van der Waals surface area (Å²) < 4.78 is 31.3. The molecule has 9 heteroatoms. The minimum absolute atomic E-state index is 0.107. The Bertz CT molecular complexity index is 971. The highest BCUT2D eigenvalue weighted by molar-refractivity contribution is 8.00. The molecule has 0 aromatic heterocycles. The SMILES string of the molecule is CCN(CC)S(=O)(=O)c1ccc(NC(=O)COC(=O)CSc2ccccc2C)cc1. The maximum Gasteiger partial charge on any atom is 0.316 e. The number of nitrogens with one attached hydrogen (secondary N) is 1. The number of anilines is 1. The zero-order chi connectivity index (χ0) is 22.1. The molecule has 7 nitrogen and oxygen atoms in total. The van der Waals surface area contributed by atoms with Crippen molar-refractivity contribution >= 4 is 39.3 Å². The van der Waals surface area contributed by atoms with Gasteiger partial charge >= 0.3 is 5.97 Å². The molecule has 0 unspecified atom stereocenters. The molecule has 1 amide bonds. The van der Waals surface area contributed by atoms with Gasteiger partial charge in [-0.15, -0.1) is 11.8 Å². The molecule has 0 bridgehead atoms. The Balaban J connectivity index is 1.83. The Kier molecular flexibility index (Phi) is 8.88. The second kappa shape index (κ2) is 11.1. The van der Waals surface area contributed by atoms with Gasteiger partial charge in [-0.1, -0.05) is 32.0 Å². The van der Waals surface area contributed by atoms with Gasteiger partial charge in [0, 0.05) is 23.7 Å². The van der Waals surface area contributed by atoms with E-state index in [1.165, 1.54) is 40.3 Å². The minimum atomic E-state index is -3.55. The first kappa shape index (κ1) is 23.9. The van der Waals surface area contributed by atoms with E-state index in [0.29, 0.717) is 18.8 Å². The predicted octanol–water partition coefficient (Wildman–Crippen LogP) is 3.30. The number of esters is 1. The minimum Gasteiger partial charge on any atom is -0.455 e. The van der Waals surface area contributed by atoms with Gasteiger partial charge in [0.05, 0.1) is 10.6 Å². The van der Waals surface area contributed by atoms with E-state index >= 15 is 0 Å². The number of carbonyl (C=O) groups excluding carboxylic acids is 2. The molecule has 162 valence electrons. The van der Waals surface area contributed by atoms with Crippen molar-refractivity contribution in [2.75, 3.05) is 30.8 Å². The number of carbonyl (C=O) groups is 2. The zero-order valence-electron chi connectivity index (χ0n) is 17.3. The topological polar surface area (TPSA) is 92.8 Å². The van der Waals surface area contributed by atoms with Crippen LogP contribution >= 0.6 is 11.8 Å². The lowest BCUT2D eigenvalue weighted by Gasteiger charge is -2.18. The number of nitrogens with zero attached hydrogens (tertiary/aromatic N) is 1. The molecule has 0 saturated carbocycles. The van der Waals surface area contributed by atoms with Crippen molar-refractivity contribution in [1.29, 1.82) is 0 Å². The number of benzene rings is 2. The molecule has 0 heterocycles. The van der Waals surface area contributed by atoms with Crippen molar-refractivity contribution in [2.24, 2.45) is 0 Å². The summed E-state index contributed by atoms with van der Waals surface area (Å²) in [5, 5.41) is 2.58. The van der Waals surface area contributed by atoms with Gasteiger partial charge in [-0.25, -0.2) is 8.42 Å². The second-order valence-corrected chi connectivity index (χ2v) is 9.33. The van der Waals surface area contributed by atoms with Crippen LogP contribution < -0.4 is 5.32 Å². The first-order valence-corrected chi connectivity index (χ1v) is 11.9. The maximum absolute atomic E-state index is 12.5. The van der Waals surface area contributed by atoms with E-state index in [4.69, 9.17) is 4.74 Å². The maximum atomic E-state index is 12.5. The molecule has 0 radical (unpaired) electrons. The van der Waals surface area contributed by atoms with Crippen LogP contribution in [0.2, 0.25) is 0 Å². The van der Waals surface area contributed by atoms with Crippen LogP contribution in [0.25, 0.3) is 0 Å². The van der Waals surface area contributed by atoms with E-state index in [0.717, 1.165) is 10.5 Å². The van der Waals surface area contributed by atoms with E-state index < -0.39 is 28.5 Å². The van der Waals surface area contributed by atoms with Gasteiger partial charge in [0.1, 0.15) is 0 Å². The number of ether oxygens (including phenoxy) is 1. The van der Waals surface area contributed by atoms with Gasteiger partial charge in [-0.2, -0.15) is 4.31 Å². The number of aryl methyl sites for hydroxylation is 1. The monoisotopic (exact) mass is 450 g/mol. The third kappa shape index (κ3) is 6.58. The smallest absolute Gasteiger partial charge is 0.316 e. The number of hydrogen-bond acceptors (Lipinski definition) is 6. The summed E-state index contributed by atoms with van der Waals surface area (Å²) in [6.07, 6.45) is 0. The number of amides is 1. The molecule has 2 aromatic rings.